The molecule has 0 amide bonds. The molecule has 3 heteroatoms. The van der Waals surface area contributed by atoms with Gasteiger partial charge in [-0.1, -0.05) is 36.4 Å². The number of rotatable bonds is 3. The summed E-state index contributed by atoms with van der Waals surface area (Å²) in [5.41, 5.74) is 6.97. The third-order valence-corrected chi connectivity index (χ3v) is 1.70. The van der Waals surface area contributed by atoms with Gasteiger partial charge in [-0.05, 0) is 5.56 Å². The lowest BCUT2D eigenvalue weighted by atomic mass is 10.1. The highest BCUT2D eigenvalue weighted by Crippen LogP contribution is 2.04. The summed E-state index contributed by atoms with van der Waals surface area (Å²) >= 11 is 0. The number of nitrogens with zero attached hydrogens (tertiary/aromatic N) is 1. The first-order valence-corrected chi connectivity index (χ1v) is 4.32. The monoisotopic (exact) mass is 187 g/mol. The zero-order chi connectivity index (χ0) is 10.4. The Morgan fingerprint density at radius 3 is 2.57 bits per heavy atom. The molecule has 72 valence electrons. The lowest BCUT2D eigenvalue weighted by molar-refractivity contribution is 1.34. The van der Waals surface area contributed by atoms with Gasteiger partial charge in [0.15, 0.2) is 0 Å². The lowest BCUT2D eigenvalue weighted by Gasteiger charge is -2.02. The number of nitrogens with two attached hydrogens (primary N) is 1. The summed E-state index contributed by atoms with van der Waals surface area (Å²) in [6.07, 6.45) is 2.36. The van der Waals surface area contributed by atoms with Crippen molar-refractivity contribution < 1.29 is 0 Å². The van der Waals surface area contributed by atoms with Gasteiger partial charge in [0.05, 0.1) is 5.71 Å². The Bertz CT molecular complexity index is 352. The minimum atomic E-state index is -0.175. The highest BCUT2D eigenvalue weighted by atomic mass is 15.0. The quantitative estimate of drug-likeness (QED) is 0.424. The molecule has 1 rings (SSSR count). The molecule has 0 aliphatic carbocycles. The van der Waals surface area contributed by atoms with E-state index in [2.05, 4.69) is 11.6 Å². The summed E-state index contributed by atoms with van der Waals surface area (Å²) in [6, 6.07) is 9.65. The topological polar surface area (TPSA) is 62.2 Å². The standard InChI is InChI=1S/C11H13N3/c1-2-6-10(14-11(12)13)9-7-4-3-5-8-9/h2-5,7-8H,1,6H2,(H3,12,13). The van der Waals surface area contributed by atoms with E-state index in [9.17, 15) is 0 Å². The van der Waals surface area contributed by atoms with E-state index in [1.807, 2.05) is 30.3 Å². The molecular weight excluding hydrogens is 174 g/mol. The van der Waals surface area contributed by atoms with Crippen molar-refractivity contribution in [3.05, 3.63) is 48.6 Å². The maximum absolute atomic E-state index is 7.11. The Morgan fingerprint density at radius 1 is 1.43 bits per heavy atom. The van der Waals surface area contributed by atoms with E-state index in [0.717, 1.165) is 11.3 Å². The Hall–Kier alpha value is -1.90. The van der Waals surface area contributed by atoms with Crippen molar-refractivity contribution in [1.29, 1.82) is 5.41 Å². The van der Waals surface area contributed by atoms with Gasteiger partial charge >= 0.3 is 0 Å². The third kappa shape index (κ3) is 2.86. The van der Waals surface area contributed by atoms with Crippen LogP contribution in [0.3, 0.4) is 0 Å². The summed E-state index contributed by atoms with van der Waals surface area (Å²) in [6.45, 7) is 3.64. The number of aliphatic imine (C=N–C) groups is 1. The van der Waals surface area contributed by atoms with Crippen molar-refractivity contribution in [3.63, 3.8) is 0 Å². The van der Waals surface area contributed by atoms with Crippen LogP contribution in [-0.4, -0.2) is 11.7 Å². The molecule has 0 heterocycles. The van der Waals surface area contributed by atoms with Crippen LogP contribution in [0, 0.1) is 5.41 Å². The van der Waals surface area contributed by atoms with Crippen LogP contribution in [0.1, 0.15) is 12.0 Å². The van der Waals surface area contributed by atoms with E-state index in [1.165, 1.54) is 0 Å². The first-order chi connectivity index (χ1) is 6.74. The van der Waals surface area contributed by atoms with Gasteiger partial charge in [0.2, 0.25) is 5.96 Å². The van der Waals surface area contributed by atoms with Gasteiger partial charge in [0.1, 0.15) is 0 Å². The average Bonchev–Trinajstić information content (AvgIpc) is 2.18. The van der Waals surface area contributed by atoms with Crippen molar-refractivity contribution in [2.75, 3.05) is 0 Å². The van der Waals surface area contributed by atoms with Crippen molar-refractivity contribution in [1.82, 2.24) is 0 Å². The number of hydrogen-bond donors (Lipinski definition) is 2. The number of hydrogen-bond acceptors (Lipinski definition) is 1. The minimum absolute atomic E-state index is 0.175. The van der Waals surface area contributed by atoms with E-state index in [1.54, 1.807) is 6.08 Å². The highest BCUT2D eigenvalue weighted by Gasteiger charge is 2.00. The molecule has 0 saturated carbocycles. The Morgan fingerprint density at radius 2 is 2.07 bits per heavy atom. The smallest absolute Gasteiger partial charge is 0.212 e. The van der Waals surface area contributed by atoms with Crippen molar-refractivity contribution in [3.8, 4) is 0 Å². The zero-order valence-corrected chi connectivity index (χ0v) is 7.90. The predicted molar refractivity (Wildman–Crippen MR) is 59.7 cm³/mol. The summed E-state index contributed by atoms with van der Waals surface area (Å²) in [4.78, 5) is 3.94. The van der Waals surface area contributed by atoms with Gasteiger partial charge in [-0.15, -0.1) is 6.58 Å². The summed E-state index contributed by atoms with van der Waals surface area (Å²) in [7, 11) is 0. The largest absolute Gasteiger partial charge is 0.368 e. The number of allylic oxidation sites excluding steroid dienone is 1. The first kappa shape index (κ1) is 10.2. The summed E-state index contributed by atoms with van der Waals surface area (Å²) in [5, 5.41) is 7.11. The molecule has 1 aromatic carbocycles. The van der Waals surface area contributed by atoms with E-state index >= 15 is 0 Å². The van der Waals surface area contributed by atoms with Gasteiger partial charge in [0.25, 0.3) is 0 Å². The molecular formula is C11H13N3. The van der Waals surface area contributed by atoms with Crippen molar-refractivity contribution in [2.45, 2.75) is 6.42 Å². The summed E-state index contributed by atoms with van der Waals surface area (Å²) in [5.74, 6) is -0.175. The SMILES string of the molecule is C=CCC(=NC(=N)N)c1ccccc1. The molecule has 0 spiro atoms. The second-order valence-corrected chi connectivity index (χ2v) is 2.80. The van der Waals surface area contributed by atoms with Gasteiger partial charge in [-0.25, -0.2) is 4.99 Å². The second-order valence-electron chi connectivity index (χ2n) is 2.80. The molecule has 0 aliphatic rings. The Kier molecular flexibility index (Phi) is 3.61. The normalized spacial score (nSPS) is 11.0. The summed E-state index contributed by atoms with van der Waals surface area (Å²) < 4.78 is 0. The molecule has 0 fully saturated rings. The van der Waals surface area contributed by atoms with E-state index < -0.39 is 0 Å². The fraction of sp³-hybridized carbons (Fsp3) is 0.0909. The van der Waals surface area contributed by atoms with Crippen LogP contribution in [0.2, 0.25) is 0 Å². The van der Waals surface area contributed by atoms with E-state index in [4.69, 9.17) is 11.1 Å². The minimum Gasteiger partial charge on any atom is -0.368 e. The van der Waals surface area contributed by atoms with Crippen LogP contribution >= 0.6 is 0 Å². The van der Waals surface area contributed by atoms with Gasteiger partial charge in [0, 0.05) is 6.42 Å². The van der Waals surface area contributed by atoms with Gasteiger partial charge in [-0.2, -0.15) is 0 Å². The lowest BCUT2D eigenvalue weighted by Crippen LogP contribution is -2.11. The maximum Gasteiger partial charge on any atom is 0.212 e. The number of benzene rings is 1. The Labute approximate surface area is 83.5 Å². The molecule has 3 nitrogen and oxygen atoms in total. The third-order valence-electron chi connectivity index (χ3n) is 1.70. The van der Waals surface area contributed by atoms with Crippen LogP contribution in [0.4, 0.5) is 0 Å². The van der Waals surface area contributed by atoms with Crippen molar-refractivity contribution >= 4 is 11.7 Å². The van der Waals surface area contributed by atoms with Crippen LogP contribution < -0.4 is 5.73 Å². The van der Waals surface area contributed by atoms with Crippen LogP contribution in [0.5, 0.6) is 0 Å². The molecule has 3 N–H and O–H groups in total. The van der Waals surface area contributed by atoms with Crippen molar-refractivity contribution in [2.24, 2.45) is 10.7 Å². The highest BCUT2D eigenvalue weighted by molar-refractivity contribution is 6.06. The molecule has 0 aromatic heterocycles. The number of nitrogens with one attached hydrogen (secondary N) is 1. The molecule has 14 heavy (non-hydrogen) atoms. The van der Waals surface area contributed by atoms with E-state index in [-0.39, 0.29) is 5.96 Å². The molecule has 0 bridgehead atoms. The Balaban J connectivity index is 3.00. The first-order valence-electron chi connectivity index (χ1n) is 4.32. The molecule has 0 atom stereocenters. The van der Waals surface area contributed by atoms with Crippen LogP contribution in [-0.2, 0) is 0 Å². The fourth-order valence-electron chi connectivity index (χ4n) is 1.14. The van der Waals surface area contributed by atoms with Crippen LogP contribution in [0.15, 0.2) is 48.0 Å². The van der Waals surface area contributed by atoms with Gasteiger partial charge in [-0.3, -0.25) is 5.41 Å². The molecule has 0 saturated heterocycles. The van der Waals surface area contributed by atoms with Crippen LogP contribution in [0.25, 0.3) is 0 Å². The zero-order valence-electron chi connectivity index (χ0n) is 7.90. The van der Waals surface area contributed by atoms with E-state index in [0.29, 0.717) is 6.42 Å². The average molecular weight is 187 g/mol. The second kappa shape index (κ2) is 4.97. The predicted octanol–water partition coefficient (Wildman–Crippen LogP) is 1.95. The molecule has 1 aromatic rings. The maximum atomic E-state index is 7.11. The number of guanidine groups is 1. The van der Waals surface area contributed by atoms with Gasteiger partial charge < -0.3 is 5.73 Å². The molecule has 0 unspecified atom stereocenters. The molecule has 0 radical (unpaired) electrons. The molecule has 0 aliphatic heterocycles. The fourth-order valence-corrected chi connectivity index (χ4v) is 1.14.